The molecule has 6 heteroatoms. The van der Waals surface area contributed by atoms with Gasteiger partial charge < -0.3 is 0 Å². The van der Waals surface area contributed by atoms with E-state index in [9.17, 15) is 14.4 Å². The van der Waals surface area contributed by atoms with Crippen molar-refractivity contribution in [1.29, 1.82) is 0 Å². The van der Waals surface area contributed by atoms with Gasteiger partial charge in [-0.25, -0.2) is 9.66 Å². The minimum absolute atomic E-state index is 0.00217. The summed E-state index contributed by atoms with van der Waals surface area (Å²) in [5.74, 6) is 1.91. The summed E-state index contributed by atoms with van der Waals surface area (Å²) in [4.78, 5) is 42.1. The Morgan fingerprint density at radius 3 is 2.50 bits per heavy atom. The summed E-state index contributed by atoms with van der Waals surface area (Å²) in [6.45, 7) is 3.91. The summed E-state index contributed by atoms with van der Waals surface area (Å²) in [5.41, 5.74) is 3.21. The molecule has 0 spiro atoms. The lowest BCUT2D eigenvalue weighted by atomic mass is 9.67. The number of nitrogens with one attached hydrogen (secondary N) is 1. The van der Waals surface area contributed by atoms with E-state index < -0.39 is 0 Å². The number of hydrogen-bond donors (Lipinski definition) is 1. The highest BCUT2D eigenvalue weighted by atomic mass is 16.2. The van der Waals surface area contributed by atoms with Crippen molar-refractivity contribution >= 4 is 22.6 Å². The maximum absolute atomic E-state index is 12.9. The Kier molecular flexibility index (Phi) is 5.04. The summed E-state index contributed by atoms with van der Waals surface area (Å²) in [7, 11) is 0. The quantitative estimate of drug-likeness (QED) is 0.880. The molecular weight excluding hydrogens is 354 g/mol. The summed E-state index contributed by atoms with van der Waals surface area (Å²) in [6.07, 6.45) is 4.70. The Morgan fingerprint density at radius 1 is 1.14 bits per heavy atom. The molecule has 1 aromatic heterocycles. The van der Waals surface area contributed by atoms with Crippen LogP contribution in [-0.4, -0.2) is 21.4 Å². The minimum Gasteiger partial charge on any atom is -0.300 e. The van der Waals surface area contributed by atoms with Crippen molar-refractivity contribution in [1.82, 2.24) is 9.66 Å². The molecule has 2 atom stereocenters. The number of hydrogen-bond acceptors (Lipinski definition) is 4. The Labute approximate surface area is 164 Å². The Balaban J connectivity index is 1.54. The number of Topliss-reactive ketones (excluding diaryl/α,β-unsaturated/α-hetero) is 1. The van der Waals surface area contributed by atoms with E-state index in [1.165, 1.54) is 4.68 Å². The number of carbonyl (C=O) groups is 2. The largest absolute Gasteiger partial charge is 0.300 e. The second kappa shape index (κ2) is 7.49. The predicted molar refractivity (Wildman–Crippen MR) is 108 cm³/mol. The Morgan fingerprint density at radius 2 is 1.82 bits per heavy atom. The van der Waals surface area contributed by atoms with Gasteiger partial charge in [0, 0.05) is 25.2 Å². The highest BCUT2D eigenvalue weighted by Gasteiger charge is 2.36. The summed E-state index contributed by atoms with van der Waals surface area (Å²) in [5, 5.41) is 0.498. The third-order valence-electron chi connectivity index (χ3n) is 6.06. The molecule has 2 saturated carbocycles. The van der Waals surface area contributed by atoms with Gasteiger partial charge in [-0.1, -0.05) is 26.0 Å². The molecule has 2 aliphatic rings. The van der Waals surface area contributed by atoms with Crippen LogP contribution in [0, 0.1) is 17.8 Å². The molecule has 2 aliphatic carbocycles. The van der Waals surface area contributed by atoms with Gasteiger partial charge >= 0.3 is 0 Å². The number of benzene rings is 1. The molecule has 6 nitrogen and oxygen atoms in total. The molecule has 0 saturated heterocycles. The average Bonchev–Trinajstić information content (AvgIpc) is 2.62. The number of rotatable bonds is 4. The van der Waals surface area contributed by atoms with Crippen molar-refractivity contribution in [3.05, 3.63) is 40.4 Å². The van der Waals surface area contributed by atoms with Gasteiger partial charge in [-0.3, -0.25) is 19.8 Å². The lowest BCUT2D eigenvalue weighted by molar-refractivity contribution is -0.124. The Hall–Kier alpha value is -2.50. The van der Waals surface area contributed by atoms with Crippen LogP contribution in [0.15, 0.2) is 29.1 Å². The predicted octanol–water partition coefficient (Wildman–Crippen LogP) is 3.38. The van der Waals surface area contributed by atoms with E-state index >= 15 is 0 Å². The van der Waals surface area contributed by atoms with E-state index in [1.54, 1.807) is 12.1 Å². The second-order valence-electron chi connectivity index (χ2n) is 8.77. The van der Waals surface area contributed by atoms with Crippen LogP contribution in [0.5, 0.6) is 0 Å². The smallest absolute Gasteiger partial charge is 0.280 e. The van der Waals surface area contributed by atoms with Crippen molar-refractivity contribution in [3.63, 3.8) is 0 Å². The summed E-state index contributed by atoms with van der Waals surface area (Å²) < 4.78 is 1.32. The van der Waals surface area contributed by atoms with Crippen LogP contribution < -0.4 is 11.0 Å². The van der Waals surface area contributed by atoms with E-state index in [1.807, 2.05) is 26.0 Å². The maximum atomic E-state index is 12.9. The molecular formula is C22H27N3O3. The van der Waals surface area contributed by atoms with Gasteiger partial charge in [-0.2, -0.15) is 0 Å². The van der Waals surface area contributed by atoms with Gasteiger partial charge in [0.15, 0.2) is 0 Å². The van der Waals surface area contributed by atoms with Crippen LogP contribution in [0.1, 0.15) is 64.1 Å². The first-order valence-corrected chi connectivity index (χ1v) is 10.2. The molecule has 1 amide bonds. The highest BCUT2D eigenvalue weighted by molar-refractivity contribution is 5.85. The van der Waals surface area contributed by atoms with Crippen LogP contribution in [0.25, 0.3) is 10.9 Å². The van der Waals surface area contributed by atoms with Gasteiger partial charge in [-0.05, 0) is 49.1 Å². The van der Waals surface area contributed by atoms with Crippen LogP contribution in [0.2, 0.25) is 0 Å². The fraction of sp³-hybridized carbons (Fsp3) is 0.545. The van der Waals surface area contributed by atoms with Gasteiger partial charge in [-0.15, -0.1) is 0 Å². The number of ketones is 1. The van der Waals surface area contributed by atoms with Gasteiger partial charge in [0.1, 0.15) is 11.6 Å². The molecule has 2 aromatic rings. The fourth-order valence-corrected chi connectivity index (χ4v) is 5.01. The third kappa shape index (κ3) is 3.73. The van der Waals surface area contributed by atoms with Crippen molar-refractivity contribution in [2.45, 2.75) is 58.3 Å². The van der Waals surface area contributed by atoms with Crippen LogP contribution in [0.3, 0.4) is 0 Å². The molecule has 0 aliphatic heterocycles. The zero-order valence-corrected chi connectivity index (χ0v) is 16.5. The van der Waals surface area contributed by atoms with Crippen molar-refractivity contribution in [2.75, 3.05) is 5.43 Å². The standard InChI is InChI=1S/C22H27N3O3/c1-13(2)21-23-19-6-4-3-5-18(19)22(28)25(21)24-20(27)12-16-8-14-7-15(9-16)11-17(26)10-14/h3-6,13-16H,7-12H2,1-2H3,(H,24,27). The van der Waals surface area contributed by atoms with Crippen molar-refractivity contribution < 1.29 is 9.59 Å². The molecule has 2 bridgehead atoms. The van der Waals surface area contributed by atoms with Crippen LogP contribution in [0.4, 0.5) is 0 Å². The van der Waals surface area contributed by atoms with E-state index in [4.69, 9.17) is 0 Å². The van der Waals surface area contributed by atoms with Gasteiger partial charge in [0.2, 0.25) is 5.91 Å². The normalized spacial score (nSPS) is 24.5. The summed E-state index contributed by atoms with van der Waals surface area (Å²) >= 11 is 0. The molecule has 2 unspecified atom stereocenters. The van der Waals surface area contributed by atoms with Gasteiger partial charge in [0.25, 0.3) is 5.56 Å². The zero-order valence-electron chi connectivity index (χ0n) is 16.5. The monoisotopic (exact) mass is 381 g/mol. The van der Waals surface area contributed by atoms with Gasteiger partial charge in [0.05, 0.1) is 10.9 Å². The highest BCUT2D eigenvalue weighted by Crippen LogP contribution is 2.42. The van der Waals surface area contributed by atoms with E-state index in [2.05, 4.69) is 10.4 Å². The first-order valence-electron chi connectivity index (χ1n) is 10.2. The topological polar surface area (TPSA) is 81.1 Å². The van der Waals surface area contributed by atoms with E-state index in [0.717, 1.165) is 19.3 Å². The molecule has 1 N–H and O–H groups in total. The first kappa shape index (κ1) is 18.8. The first-order chi connectivity index (χ1) is 13.4. The lowest BCUT2D eigenvalue weighted by Gasteiger charge is -2.38. The molecule has 2 fully saturated rings. The number of carbonyl (C=O) groups excluding carboxylic acids is 2. The number of nitrogens with zero attached hydrogens (tertiary/aromatic N) is 2. The number of aromatic nitrogens is 2. The maximum Gasteiger partial charge on any atom is 0.280 e. The summed E-state index contributed by atoms with van der Waals surface area (Å²) in [6, 6.07) is 7.20. The average molecular weight is 381 g/mol. The molecule has 1 aromatic carbocycles. The number of fused-ring (bicyclic) bond motifs is 3. The van der Waals surface area contributed by atoms with E-state index in [0.29, 0.717) is 53.6 Å². The SMILES string of the molecule is CC(C)c1nc2ccccc2c(=O)n1NC(=O)CC1CC2CC(=O)CC(C2)C1. The van der Waals surface area contributed by atoms with Crippen LogP contribution >= 0.6 is 0 Å². The minimum atomic E-state index is -0.242. The molecule has 28 heavy (non-hydrogen) atoms. The third-order valence-corrected chi connectivity index (χ3v) is 6.06. The van der Waals surface area contributed by atoms with Crippen molar-refractivity contribution in [2.24, 2.45) is 17.8 Å². The molecule has 148 valence electrons. The number of amides is 1. The van der Waals surface area contributed by atoms with Crippen LogP contribution in [-0.2, 0) is 9.59 Å². The fourth-order valence-electron chi connectivity index (χ4n) is 5.01. The Bertz CT molecular complexity index is 963. The molecule has 0 radical (unpaired) electrons. The zero-order chi connectivity index (χ0) is 19.8. The lowest BCUT2D eigenvalue weighted by Crippen LogP contribution is -2.38. The second-order valence-corrected chi connectivity index (χ2v) is 8.77. The van der Waals surface area contributed by atoms with Crippen molar-refractivity contribution in [3.8, 4) is 0 Å². The number of para-hydroxylation sites is 1. The van der Waals surface area contributed by atoms with E-state index in [-0.39, 0.29) is 23.3 Å². The molecule has 4 rings (SSSR count). The molecule has 1 heterocycles.